The third-order valence-corrected chi connectivity index (χ3v) is 2.84. The second kappa shape index (κ2) is 5.35. The van der Waals surface area contributed by atoms with Gasteiger partial charge in [0.15, 0.2) is 0 Å². The van der Waals surface area contributed by atoms with Gasteiger partial charge in [0.1, 0.15) is 5.84 Å². The highest BCUT2D eigenvalue weighted by atomic mass is 16.5. The lowest BCUT2D eigenvalue weighted by Gasteiger charge is -2.05. The van der Waals surface area contributed by atoms with Gasteiger partial charge < -0.3 is 10.5 Å². The van der Waals surface area contributed by atoms with E-state index in [1.807, 2.05) is 24.3 Å². The number of ether oxygens (including phenoxy) is 1. The Morgan fingerprint density at radius 3 is 1.74 bits per heavy atom. The number of amidine groups is 1. The molecule has 0 heterocycles. The van der Waals surface area contributed by atoms with Crippen LogP contribution >= 0.6 is 0 Å². The van der Waals surface area contributed by atoms with E-state index in [1.165, 1.54) is 7.11 Å². The van der Waals surface area contributed by atoms with Gasteiger partial charge in [-0.3, -0.25) is 5.41 Å². The fourth-order valence-corrected chi connectivity index (χ4v) is 1.76. The molecule has 4 nitrogen and oxygen atoms in total. The summed E-state index contributed by atoms with van der Waals surface area (Å²) < 4.78 is 4.65. The van der Waals surface area contributed by atoms with Gasteiger partial charge in [-0.1, -0.05) is 36.4 Å². The van der Waals surface area contributed by atoms with Crippen molar-refractivity contribution >= 4 is 11.8 Å². The van der Waals surface area contributed by atoms with Crippen LogP contribution in [0.25, 0.3) is 11.1 Å². The van der Waals surface area contributed by atoms with Crippen LogP contribution in [0.15, 0.2) is 48.5 Å². The molecule has 2 aromatic carbocycles. The predicted molar refractivity (Wildman–Crippen MR) is 74.2 cm³/mol. The Balaban J connectivity index is 2.27. The van der Waals surface area contributed by atoms with Crippen molar-refractivity contribution in [2.45, 2.75) is 0 Å². The molecule has 0 fully saturated rings. The third kappa shape index (κ3) is 2.80. The maximum absolute atomic E-state index is 11.3. The van der Waals surface area contributed by atoms with E-state index in [1.54, 1.807) is 24.3 Å². The summed E-state index contributed by atoms with van der Waals surface area (Å²) in [7, 11) is 1.36. The van der Waals surface area contributed by atoms with Gasteiger partial charge in [0.05, 0.1) is 12.7 Å². The van der Waals surface area contributed by atoms with Crippen molar-refractivity contribution in [1.82, 2.24) is 0 Å². The van der Waals surface area contributed by atoms with Crippen molar-refractivity contribution in [2.75, 3.05) is 7.11 Å². The number of hydrogen-bond acceptors (Lipinski definition) is 3. The molecule has 0 aliphatic heterocycles. The number of rotatable bonds is 3. The molecule has 0 atom stereocenters. The molecule has 2 aromatic rings. The lowest BCUT2D eigenvalue weighted by molar-refractivity contribution is 0.0601. The number of hydrogen-bond donors (Lipinski definition) is 2. The van der Waals surface area contributed by atoms with E-state index in [0.29, 0.717) is 11.1 Å². The van der Waals surface area contributed by atoms with Crippen LogP contribution in [0.1, 0.15) is 15.9 Å². The number of nitrogen functional groups attached to an aromatic ring is 1. The van der Waals surface area contributed by atoms with Crippen LogP contribution in [0, 0.1) is 5.41 Å². The molecule has 0 aliphatic carbocycles. The number of nitrogens with two attached hydrogens (primary N) is 1. The molecule has 0 saturated heterocycles. The number of benzene rings is 2. The maximum Gasteiger partial charge on any atom is 0.337 e. The molecule has 3 N–H and O–H groups in total. The SMILES string of the molecule is COC(=O)c1ccc(-c2ccc(C(=N)N)cc2)cc1. The molecule has 4 heteroatoms. The summed E-state index contributed by atoms with van der Waals surface area (Å²) in [5.74, 6) is -0.300. The fraction of sp³-hybridized carbons (Fsp3) is 0.0667. The average Bonchev–Trinajstić information content (AvgIpc) is 2.46. The Morgan fingerprint density at radius 2 is 1.37 bits per heavy atom. The predicted octanol–water partition coefficient (Wildman–Crippen LogP) is 2.42. The first kappa shape index (κ1) is 12.8. The van der Waals surface area contributed by atoms with Crippen LogP contribution < -0.4 is 5.73 Å². The Morgan fingerprint density at radius 1 is 0.947 bits per heavy atom. The van der Waals surface area contributed by atoms with Crippen LogP contribution in [-0.2, 0) is 4.74 Å². The molecule has 0 bridgehead atoms. The Bertz CT molecular complexity index is 601. The zero-order valence-electron chi connectivity index (χ0n) is 10.5. The average molecular weight is 254 g/mol. The first-order valence-corrected chi connectivity index (χ1v) is 5.75. The minimum absolute atomic E-state index is 0.0487. The first-order chi connectivity index (χ1) is 9.11. The van der Waals surface area contributed by atoms with Crippen molar-refractivity contribution in [3.8, 4) is 11.1 Å². The van der Waals surface area contributed by atoms with Crippen LogP contribution in [-0.4, -0.2) is 18.9 Å². The topological polar surface area (TPSA) is 76.2 Å². The molecule has 19 heavy (non-hydrogen) atoms. The molecule has 0 unspecified atom stereocenters. The first-order valence-electron chi connectivity index (χ1n) is 5.75. The molecule has 0 spiro atoms. The second-order valence-corrected chi connectivity index (χ2v) is 4.06. The number of methoxy groups -OCH3 is 1. The minimum Gasteiger partial charge on any atom is -0.465 e. The highest BCUT2D eigenvalue weighted by Crippen LogP contribution is 2.20. The van der Waals surface area contributed by atoms with Crippen LogP contribution in [0.2, 0.25) is 0 Å². The van der Waals surface area contributed by atoms with Crippen LogP contribution in [0.3, 0.4) is 0 Å². The van der Waals surface area contributed by atoms with Crippen molar-refractivity contribution < 1.29 is 9.53 Å². The van der Waals surface area contributed by atoms with Gasteiger partial charge in [-0.2, -0.15) is 0 Å². The van der Waals surface area contributed by atoms with Crippen LogP contribution in [0.5, 0.6) is 0 Å². The van der Waals surface area contributed by atoms with E-state index in [9.17, 15) is 4.79 Å². The fourth-order valence-electron chi connectivity index (χ4n) is 1.76. The lowest BCUT2D eigenvalue weighted by atomic mass is 10.0. The summed E-state index contributed by atoms with van der Waals surface area (Å²) in [4.78, 5) is 11.3. The zero-order valence-corrected chi connectivity index (χ0v) is 10.5. The molecule has 0 radical (unpaired) electrons. The van der Waals surface area contributed by atoms with Gasteiger partial charge in [0.2, 0.25) is 0 Å². The Labute approximate surface area is 111 Å². The molecule has 2 rings (SSSR count). The normalized spacial score (nSPS) is 9.95. The summed E-state index contributed by atoms with van der Waals surface area (Å²) in [5.41, 5.74) is 8.60. The number of nitrogens with one attached hydrogen (secondary N) is 1. The minimum atomic E-state index is -0.349. The molecular formula is C15H14N2O2. The van der Waals surface area contributed by atoms with Crippen molar-refractivity contribution in [3.63, 3.8) is 0 Å². The highest BCUT2D eigenvalue weighted by Gasteiger charge is 2.05. The number of esters is 1. The molecule has 0 saturated carbocycles. The monoisotopic (exact) mass is 254 g/mol. The van der Waals surface area contributed by atoms with Crippen LogP contribution in [0.4, 0.5) is 0 Å². The standard InChI is InChI=1S/C15H14N2O2/c1-19-15(18)13-8-4-11(5-9-13)10-2-6-12(7-3-10)14(16)17/h2-9H,1H3,(H3,16,17). The van der Waals surface area contributed by atoms with Gasteiger partial charge in [-0.05, 0) is 23.3 Å². The van der Waals surface area contributed by atoms with E-state index in [0.717, 1.165) is 11.1 Å². The van der Waals surface area contributed by atoms with E-state index in [4.69, 9.17) is 11.1 Å². The number of carbonyl (C=O) groups is 1. The molecule has 96 valence electrons. The van der Waals surface area contributed by atoms with Gasteiger partial charge >= 0.3 is 5.97 Å². The van der Waals surface area contributed by atoms with Gasteiger partial charge in [0.25, 0.3) is 0 Å². The van der Waals surface area contributed by atoms with E-state index >= 15 is 0 Å². The quantitative estimate of drug-likeness (QED) is 0.501. The van der Waals surface area contributed by atoms with Crippen molar-refractivity contribution in [3.05, 3.63) is 59.7 Å². The summed E-state index contributed by atoms with van der Waals surface area (Å²) in [5, 5.41) is 7.33. The highest BCUT2D eigenvalue weighted by molar-refractivity contribution is 5.95. The summed E-state index contributed by atoms with van der Waals surface area (Å²) >= 11 is 0. The van der Waals surface area contributed by atoms with Gasteiger partial charge in [-0.15, -0.1) is 0 Å². The van der Waals surface area contributed by atoms with E-state index in [2.05, 4.69) is 4.74 Å². The van der Waals surface area contributed by atoms with Crippen molar-refractivity contribution in [1.29, 1.82) is 5.41 Å². The zero-order chi connectivity index (χ0) is 13.8. The van der Waals surface area contributed by atoms with Gasteiger partial charge in [0, 0.05) is 5.56 Å². The largest absolute Gasteiger partial charge is 0.465 e. The maximum atomic E-state index is 11.3. The van der Waals surface area contributed by atoms with Gasteiger partial charge in [-0.25, -0.2) is 4.79 Å². The Kier molecular flexibility index (Phi) is 3.61. The summed E-state index contributed by atoms with van der Waals surface area (Å²) in [6, 6.07) is 14.5. The molecular weight excluding hydrogens is 240 g/mol. The summed E-state index contributed by atoms with van der Waals surface area (Å²) in [6.07, 6.45) is 0. The lowest BCUT2D eigenvalue weighted by Crippen LogP contribution is -2.10. The van der Waals surface area contributed by atoms with Crippen molar-refractivity contribution in [2.24, 2.45) is 5.73 Å². The second-order valence-electron chi connectivity index (χ2n) is 4.06. The molecule has 0 amide bonds. The molecule has 0 aliphatic rings. The van der Waals surface area contributed by atoms with E-state index < -0.39 is 0 Å². The smallest absolute Gasteiger partial charge is 0.337 e. The van der Waals surface area contributed by atoms with E-state index in [-0.39, 0.29) is 11.8 Å². The number of carbonyl (C=O) groups excluding carboxylic acids is 1. The third-order valence-electron chi connectivity index (χ3n) is 2.84. The molecule has 0 aromatic heterocycles. The Hall–Kier alpha value is -2.62. The summed E-state index contributed by atoms with van der Waals surface area (Å²) in [6.45, 7) is 0.